The van der Waals surface area contributed by atoms with Gasteiger partial charge in [0.1, 0.15) is 0 Å². The van der Waals surface area contributed by atoms with Crippen LogP contribution in [-0.4, -0.2) is 15.7 Å². The summed E-state index contributed by atoms with van der Waals surface area (Å²) in [4.78, 5) is 0. The van der Waals surface area contributed by atoms with Crippen LogP contribution in [0.3, 0.4) is 0 Å². The van der Waals surface area contributed by atoms with Crippen molar-refractivity contribution in [3.63, 3.8) is 0 Å². The first-order valence-electron chi connectivity index (χ1n) is 0.697. The Bertz CT molecular complexity index is 17.1. The van der Waals surface area contributed by atoms with Crippen LogP contribution in [0, 0.1) is 0 Å². The third kappa shape index (κ3) is 85.3. The molecule has 0 aromatic heterocycles. The molecule has 33 valence electrons. The first-order valence-corrected chi connectivity index (χ1v) is 1.27. The van der Waals surface area contributed by atoms with Gasteiger partial charge in [-0.15, -0.1) is 12.3 Å². The van der Waals surface area contributed by atoms with Gasteiger partial charge in [-0.1, -0.05) is 0 Å². The first kappa shape index (κ1) is 17.5. The quantitative estimate of drug-likeness (QED) is 0.529. The summed E-state index contributed by atoms with van der Waals surface area (Å²) in [6.07, 6.45) is 0. The van der Waals surface area contributed by atoms with Crippen molar-refractivity contribution in [2.45, 2.75) is 0 Å². The van der Waals surface area contributed by atoms with Crippen molar-refractivity contribution in [3.8, 4) is 0 Å². The molecular weight excluding hydrogens is 263 g/mol. The molecule has 0 aromatic rings. The Balaban J connectivity index is -0.0000000200. The third-order valence-electron chi connectivity index (χ3n) is 0. The Morgan fingerprint density at radius 2 is 1.60 bits per heavy atom. The van der Waals surface area contributed by atoms with E-state index in [9.17, 15) is 0 Å². The average Bonchev–Trinajstić information content (AvgIpc) is 0.918. The molecule has 0 saturated heterocycles. The van der Waals surface area contributed by atoms with E-state index in [-0.39, 0.29) is 26.5 Å². The van der Waals surface area contributed by atoms with E-state index in [1.54, 1.807) is 5.70 Å². The fourth-order valence-electron chi connectivity index (χ4n) is 0. The van der Waals surface area contributed by atoms with Crippen molar-refractivity contribution in [1.82, 2.24) is 0 Å². The molecule has 3 heteroatoms. The summed E-state index contributed by atoms with van der Waals surface area (Å²) in [5.74, 6) is 0. The van der Waals surface area contributed by atoms with Crippen molar-refractivity contribution >= 4 is 10.2 Å². The SMILES string of the molecule is C=C[Si].O.[Pt]. The van der Waals surface area contributed by atoms with Gasteiger partial charge >= 0.3 is 0 Å². The molecule has 0 aliphatic carbocycles. The van der Waals surface area contributed by atoms with Crippen LogP contribution in [-0.2, 0) is 21.1 Å². The molecule has 0 spiro atoms. The van der Waals surface area contributed by atoms with Gasteiger partial charge in [-0.25, -0.2) is 0 Å². The van der Waals surface area contributed by atoms with Crippen molar-refractivity contribution in [2.24, 2.45) is 0 Å². The first-order chi connectivity index (χ1) is 1.41. The molecule has 0 saturated carbocycles. The van der Waals surface area contributed by atoms with E-state index >= 15 is 0 Å². The molecule has 1 nitrogen and oxygen atoms in total. The minimum absolute atomic E-state index is 0. The van der Waals surface area contributed by atoms with Crippen molar-refractivity contribution in [2.75, 3.05) is 0 Å². The van der Waals surface area contributed by atoms with Crippen molar-refractivity contribution in [1.29, 1.82) is 0 Å². The van der Waals surface area contributed by atoms with Crippen LogP contribution in [0.4, 0.5) is 0 Å². The zero-order chi connectivity index (χ0) is 2.71. The Kier molecular flexibility index (Phi) is 81.4. The molecule has 0 aromatic carbocycles. The van der Waals surface area contributed by atoms with Crippen LogP contribution in [0.1, 0.15) is 0 Å². The predicted molar refractivity (Wildman–Crippen MR) is 19.6 cm³/mol. The Morgan fingerprint density at radius 3 is 1.60 bits per heavy atom. The maximum absolute atomic E-state index is 3.27. The van der Waals surface area contributed by atoms with Crippen LogP contribution in [0.5, 0.6) is 0 Å². The molecule has 0 unspecified atom stereocenters. The minimum atomic E-state index is 0. The normalized spacial score (nSPS) is 2.60. The Labute approximate surface area is 49.5 Å². The van der Waals surface area contributed by atoms with E-state index in [0.717, 1.165) is 0 Å². The van der Waals surface area contributed by atoms with Gasteiger partial charge in [0.2, 0.25) is 0 Å². The van der Waals surface area contributed by atoms with E-state index in [0.29, 0.717) is 0 Å². The number of hydrogen-bond acceptors (Lipinski definition) is 0. The molecule has 0 heterocycles. The van der Waals surface area contributed by atoms with Crippen molar-refractivity contribution in [3.05, 3.63) is 12.3 Å². The van der Waals surface area contributed by atoms with E-state index in [2.05, 4.69) is 16.8 Å². The average molecular weight is 268 g/mol. The third-order valence-corrected chi connectivity index (χ3v) is 0. The standard InChI is InChI=1S/C2H3Si.H2O.Pt/c1-2-3;;/h2H,1H2;1H2;. The number of hydrogen-bond donors (Lipinski definition) is 0. The largest absolute Gasteiger partial charge is 0.412 e. The van der Waals surface area contributed by atoms with Gasteiger partial charge in [-0.05, 0) is 0 Å². The van der Waals surface area contributed by atoms with Gasteiger partial charge in [0, 0.05) is 21.1 Å². The summed E-state index contributed by atoms with van der Waals surface area (Å²) in [6, 6.07) is 0. The fraction of sp³-hybridized carbons (Fsp3) is 0. The minimum Gasteiger partial charge on any atom is -0.412 e. The summed E-state index contributed by atoms with van der Waals surface area (Å²) >= 11 is 0. The molecule has 0 bridgehead atoms. The van der Waals surface area contributed by atoms with Gasteiger partial charge in [0.15, 0.2) is 0 Å². The predicted octanol–water partition coefficient (Wildman–Crippen LogP) is -0.529. The second-order valence-corrected chi connectivity index (χ2v) is 0.612. The van der Waals surface area contributed by atoms with Gasteiger partial charge in [0.05, 0.1) is 10.2 Å². The molecule has 0 aliphatic rings. The molecule has 0 atom stereocenters. The van der Waals surface area contributed by atoms with Crippen LogP contribution in [0.25, 0.3) is 0 Å². The van der Waals surface area contributed by atoms with E-state index in [1.165, 1.54) is 0 Å². The van der Waals surface area contributed by atoms with E-state index < -0.39 is 0 Å². The number of rotatable bonds is 0. The summed E-state index contributed by atoms with van der Waals surface area (Å²) < 4.78 is 0. The molecule has 2 N–H and O–H groups in total. The second-order valence-electron chi connectivity index (χ2n) is 0.204. The van der Waals surface area contributed by atoms with Crippen LogP contribution in [0.15, 0.2) is 12.3 Å². The molecule has 0 rings (SSSR count). The second kappa shape index (κ2) is 23.2. The summed E-state index contributed by atoms with van der Waals surface area (Å²) in [5, 5.41) is 0. The molecular formula is C2H5OPtSi. The Morgan fingerprint density at radius 1 is 1.60 bits per heavy atom. The van der Waals surface area contributed by atoms with E-state index in [4.69, 9.17) is 0 Å². The smallest absolute Gasteiger partial charge is 0.0592 e. The van der Waals surface area contributed by atoms with E-state index in [1.807, 2.05) is 0 Å². The maximum Gasteiger partial charge on any atom is 0.0592 e. The Hall–Kier alpha value is 0.605. The molecule has 0 aliphatic heterocycles. The topological polar surface area (TPSA) is 31.5 Å². The molecule has 5 heavy (non-hydrogen) atoms. The van der Waals surface area contributed by atoms with Gasteiger partial charge in [0.25, 0.3) is 0 Å². The zero-order valence-corrected chi connectivity index (χ0v) is 5.87. The summed E-state index contributed by atoms with van der Waals surface area (Å²) in [5.41, 5.74) is 1.56. The fourth-order valence-corrected chi connectivity index (χ4v) is 0. The van der Waals surface area contributed by atoms with Crippen molar-refractivity contribution < 1.29 is 26.5 Å². The molecule has 3 radical (unpaired) electrons. The maximum atomic E-state index is 3.27. The van der Waals surface area contributed by atoms with Crippen LogP contribution >= 0.6 is 0 Å². The molecule has 0 fully saturated rings. The van der Waals surface area contributed by atoms with Crippen LogP contribution < -0.4 is 0 Å². The van der Waals surface area contributed by atoms with Gasteiger partial charge < -0.3 is 5.48 Å². The summed E-state index contributed by atoms with van der Waals surface area (Å²) in [6.45, 7) is 3.27. The van der Waals surface area contributed by atoms with Gasteiger partial charge in [-0.3, -0.25) is 0 Å². The summed E-state index contributed by atoms with van der Waals surface area (Å²) in [7, 11) is 2.95. The zero-order valence-electron chi connectivity index (χ0n) is 2.60. The van der Waals surface area contributed by atoms with Gasteiger partial charge in [-0.2, -0.15) is 0 Å². The van der Waals surface area contributed by atoms with Crippen LogP contribution in [0.2, 0.25) is 0 Å². The monoisotopic (exact) mass is 268 g/mol. The molecule has 0 amide bonds.